The van der Waals surface area contributed by atoms with Crippen molar-refractivity contribution in [3.05, 3.63) is 71.8 Å². The van der Waals surface area contributed by atoms with Crippen LogP contribution in [0.5, 0.6) is 0 Å². The summed E-state index contributed by atoms with van der Waals surface area (Å²) in [4.78, 5) is 84.2. The quantitative estimate of drug-likeness (QED) is 0.0491. The van der Waals surface area contributed by atoms with Gasteiger partial charge in [-0.1, -0.05) is 133 Å². The molecule has 8 atom stereocenters. The average molecular weight is 937 g/mol. The van der Waals surface area contributed by atoms with Crippen LogP contribution in [0.15, 0.2) is 60.7 Å². The first-order valence-corrected chi connectivity index (χ1v) is 24.4. The minimum atomic E-state index is -1.41. The number of benzene rings is 2. The van der Waals surface area contributed by atoms with Gasteiger partial charge in [0.1, 0.15) is 24.7 Å². The summed E-state index contributed by atoms with van der Waals surface area (Å²) in [5.41, 5.74) is 7.62. The van der Waals surface area contributed by atoms with E-state index in [-0.39, 0.29) is 43.5 Å². The maximum atomic E-state index is 14.6. The molecule has 0 saturated heterocycles. The van der Waals surface area contributed by atoms with Gasteiger partial charge in [0.05, 0.1) is 43.8 Å². The van der Waals surface area contributed by atoms with E-state index >= 15 is 0 Å². The number of carboxylic acids is 1. The molecule has 1 saturated carbocycles. The molecule has 0 aliphatic heterocycles. The molecule has 2 aromatic carbocycles. The highest BCUT2D eigenvalue weighted by atomic mass is 16.5. The van der Waals surface area contributed by atoms with Crippen LogP contribution < -0.4 is 27.0 Å². The Bertz CT molecular complexity index is 1790. The third-order valence-electron chi connectivity index (χ3n) is 12.4. The van der Waals surface area contributed by atoms with Crippen molar-refractivity contribution in [3.63, 3.8) is 0 Å². The highest BCUT2D eigenvalue weighted by molar-refractivity contribution is 5.95. The Kier molecular flexibility index (Phi) is 25.5. The Morgan fingerprint density at radius 3 is 1.97 bits per heavy atom. The highest BCUT2D eigenvalue weighted by Crippen LogP contribution is 2.28. The predicted molar refractivity (Wildman–Crippen MR) is 257 cm³/mol. The van der Waals surface area contributed by atoms with Crippen LogP contribution in [0.1, 0.15) is 123 Å². The van der Waals surface area contributed by atoms with Gasteiger partial charge in [-0.15, -0.1) is 0 Å². The SMILES string of the molecule is CCCCCC[C@@H](OC[C@@H](C)N)[C@@H](C)C(=O)N(C)[C@@H](CC(C)C)C(=O)N[C@H](C(=O)N[C@@H](CNC(=O)OCc1ccccc1)C(=O)NC[C@H](C(=O)O)[C@H](C)OCc1ccccc1)C1CCCCC1. The molecule has 1 fully saturated rings. The number of ether oxygens (including phenoxy) is 3. The van der Waals surface area contributed by atoms with Gasteiger partial charge in [0.15, 0.2) is 0 Å². The number of hydrogen-bond acceptors (Lipinski definition) is 10. The fourth-order valence-corrected chi connectivity index (χ4v) is 8.30. The number of amides is 5. The minimum Gasteiger partial charge on any atom is -0.481 e. The number of nitrogens with two attached hydrogens (primary N) is 1. The zero-order chi connectivity index (χ0) is 49.3. The first-order chi connectivity index (χ1) is 32.0. The Hall–Kier alpha value is -5.06. The lowest BCUT2D eigenvalue weighted by molar-refractivity contribution is -0.148. The van der Waals surface area contributed by atoms with Gasteiger partial charge >= 0.3 is 12.1 Å². The van der Waals surface area contributed by atoms with E-state index in [0.717, 1.165) is 56.1 Å². The smallest absolute Gasteiger partial charge is 0.407 e. The summed E-state index contributed by atoms with van der Waals surface area (Å²) in [6.07, 6.45) is 6.88. The molecule has 5 amide bonds. The zero-order valence-corrected chi connectivity index (χ0v) is 41.0. The van der Waals surface area contributed by atoms with Crippen molar-refractivity contribution in [1.82, 2.24) is 26.2 Å². The van der Waals surface area contributed by atoms with E-state index in [4.69, 9.17) is 19.9 Å². The van der Waals surface area contributed by atoms with Gasteiger partial charge in [0.25, 0.3) is 0 Å². The van der Waals surface area contributed by atoms with Crippen molar-refractivity contribution in [2.24, 2.45) is 29.4 Å². The van der Waals surface area contributed by atoms with Crippen LogP contribution >= 0.6 is 0 Å². The number of aliphatic carboxylic acids is 1. The number of nitrogens with zero attached hydrogens (tertiary/aromatic N) is 1. The van der Waals surface area contributed by atoms with Crippen LogP contribution in [0.2, 0.25) is 0 Å². The van der Waals surface area contributed by atoms with Gasteiger partial charge in [0.2, 0.25) is 23.6 Å². The summed E-state index contributed by atoms with van der Waals surface area (Å²) in [5, 5.41) is 21.1. The Morgan fingerprint density at radius 1 is 0.761 bits per heavy atom. The normalized spacial score (nSPS) is 16.6. The number of carbonyl (C=O) groups is 6. The van der Waals surface area contributed by atoms with Gasteiger partial charge in [-0.2, -0.15) is 0 Å². The van der Waals surface area contributed by atoms with Crippen LogP contribution in [0, 0.1) is 23.7 Å². The van der Waals surface area contributed by atoms with Crippen LogP contribution in [0.25, 0.3) is 0 Å². The maximum absolute atomic E-state index is 14.6. The topological polar surface area (TPSA) is 228 Å². The summed E-state index contributed by atoms with van der Waals surface area (Å²) in [5.74, 6) is -5.40. The van der Waals surface area contributed by atoms with Gasteiger partial charge < -0.3 is 51.2 Å². The molecule has 16 heteroatoms. The first kappa shape index (κ1) is 56.3. The van der Waals surface area contributed by atoms with Crippen molar-refractivity contribution < 1.29 is 48.1 Å². The Balaban J connectivity index is 1.86. The van der Waals surface area contributed by atoms with E-state index in [1.807, 2.05) is 64.1 Å². The van der Waals surface area contributed by atoms with Gasteiger partial charge in [-0.25, -0.2) is 4.79 Å². The summed E-state index contributed by atoms with van der Waals surface area (Å²) >= 11 is 0. The third-order valence-corrected chi connectivity index (χ3v) is 12.4. The highest BCUT2D eigenvalue weighted by Gasteiger charge is 2.39. The van der Waals surface area contributed by atoms with Gasteiger partial charge in [-0.05, 0) is 62.5 Å². The molecule has 0 radical (unpaired) electrons. The lowest BCUT2D eigenvalue weighted by Gasteiger charge is -2.36. The summed E-state index contributed by atoms with van der Waals surface area (Å²) < 4.78 is 17.4. The largest absolute Gasteiger partial charge is 0.481 e. The molecule has 0 spiro atoms. The Morgan fingerprint density at radius 2 is 1.39 bits per heavy atom. The van der Waals surface area contributed by atoms with E-state index in [2.05, 4.69) is 28.2 Å². The number of nitrogens with one attached hydrogen (secondary N) is 4. The molecule has 1 aliphatic carbocycles. The second-order valence-electron chi connectivity index (χ2n) is 18.7. The molecular formula is C51H80N6O10. The van der Waals surface area contributed by atoms with Crippen LogP contribution in [-0.4, -0.2) is 109 Å². The molecule has 67 heavy (non-hydrogen) atoms. The average Bonchev–Trinajstić information content (AvgIpc) is 3.31. The number of carbonyl (C=O) groups excluding carboxylic acids is 5. The Labute approximate surface area is 398 Å². The van der Waals surface area contributed by atoms with Gasteiger partial charge in [0, 0.05) is 19.6 Å². The number of hydrogen-bond donors (Lipinski definition) is 6. The standard InChI is InChI=1S/C51H80N6O10/c1-8-9-10-20-27-44(66-31-35(4)52)36(5)49(61)57(7)43(28-34(2)3)47(59)56-45(40-25-18-13-19-26-40)48(60)55-42(30-54-51(64)67-33-39-23-16-12-17-24-39)46(58)53-29-41(50(62)63)37(6)65-32-38-21-14-11-15-22-38/h11-12,14-17,21-24,34-37,40-45H,8-10,13,18-20,25-33,52H2,1-7H3,(H,53,58)(H,54,64)(H,55,60)(H,56,59)(H,62,63)/t35-,36-,37+,41+,42+,43+,44-,45+/m1/s1. The number of likely N-dealkylation sites (N-methyl/N-ethyl adjacent to an activating group) is 1. The second-order valence-corrected chi connectivity index (χ2v) is 18.7. The van der Waals surface area contributed by atoms with Crippen molar-refractivity contribution in [2.45, 2.75) is 162 Å². The first-order valence-electron chi connectivity index (χ1n) is 24.4. The van der Waals surface area contributed by atoms with Crippen LogP contribution in [-0.2, 0) is 51.4 Å². The molecule has 1 aliphatic rings. The maximum Gasteiger partial charge on any atom is 0.407 e. The molecule has 374 valence electrons. The lowest BCUT2D eigenvalue weighted by atomic mass is 9.83. The predicted octanol–water partition coefficient (Wildman–Crippen LogP) is 6.10. The molecule has 7 N–H and O–H groups in total. The van der Waals surface area contributed by atoms with Crippen molar-refractivity contribution in [1.29, 1.82) is 0 Å². The van der Waals surface area contributed by atoms with Crippen molar-refractivity contribution >= 4 is 35.7 Å². The molecule has 0 unspecified atom stereocenters. The van der Waals surface area contributed by atoms with E-state index in [1.165, 1.54) is 4.90 Å². The number of carboxylic acid groups (broad SMARTS) is 1. The monoisotopic (exact) mass is 937 g/mol. The molecule has 0 heterocycles. The van der Waals surface area contributed by atoms with Crippen LogP contribution in [0.3, 0.4) is 0 Å². The fourth-order valence-electron chi connectivity index (χ4n) is 8.30. The van der Waals surface area contributed by atoms with E-state index < -0.39 is 78.5 Å². The molecule has 0 aromatic heterocycles. The summed E-state index contributed by atoms with van der Waals surface area (Å²) in [6, 6.07) is 14.6. The number of unbranched alkanes of at least 4 members (excludes halogenated alkanes) is 3. The molecule has 0 bridgehead atoms. The van der Waals surface area contributed by atoms with E-state index in [9.17, 15) is 33.9 Å². The zero-order valence-electron chi connectivity index (χ0n) is 41.0. The second kappa shape index (κ2) is 30.3. The van der Waals surface area contributed by atoms with E-state index in [1.54, 1.807) is 38.2 Å². The number of alkyl carbamates (subject to hydrolysis) is 1. The molecule has 2 aromatic rings. The third kappa shape index (κ3) is 20.4. The van der Waals surface area contributed by atoms with Crippen molar-refractivity contribution in [3.8, 4) is 0 Å². The summed E-state index contributed by atoms with van der Waals surface area (Å²) in [7, 11) is 1.61. The number of rotatable bonds is 30. The lowest BCUT2D eigenvalue weighted by Crippen LogP contribution is -2.61. The fraction of sp³-hybridized carbons (Fsp3) is 0.647. The van der Waals surface area contributed by atoms with Gasteiger partial charge in [-0.3, -0.25) is 24.0 Å². The molecule has 3 rings (SSSR count). The van der Waals surface area contributed by atoms with E-state index in [0.29, 0.717) is 32.3 Å². The van der Waals surface area contributed by atoms with Crippen molar-refractivity contribution in [2.75, 3.05) is 26.7 Å². The molecular weight excluding hydrogens is 857 g/mol. The minimum absolute atomic E-state index is 0.00401. The van der Waals surface area contributed by atoms with Crippen LogP contribution in [0.4, 0.5) is 4.79 Å². The molecule has 16 nitrogen and oxygen atoms in total. The summed E-state index contributed by atoms with van der Waals surface area (Å²) in [6.45, 7) is 11.0.